The molecule has 0 radical (unpaired) electrons. The van der Waals surface area contributed by atoms with E-state index in [0.717, 1.165) is 18.9 Å². The Labute approximate surface area is 115 Å². The number of halogens is 3. The number of hydrogen-bond acceptors (Lipinski definition) is 2. The summed E-state index contributed by atoms with van der Waals surface area (Å²) in [5.41, 5.74) is 4.26. The first kappa shape index (κ1) is 15.8. The molecule has 6 heteroatoms. The number of rotatable bonds is 5. The van der Waals surface area contributed by atoms with E-state index in [2.05, 4.69) is 12.2 Å². The molecule has 0 amide bonds. The molecule has 1 unspecified atom stereocenters. The summed E-state index contributed by atoms with van der Waals surface area (Å²) in [5, 5.41) is 0. The van der Waals surface area contributed by atoms with Gasteiger partial charge in [-0.25, -0.2) is 0 Å². The Morgan fingerprint density at radius 1 is 1.42 bits per heavy atom. The van der Waals surface area contributed by atoms with E-state index in [1.165, 1.54) is 12.1 Å². The SMILES string of the molecule is CCCC(C)Oc1ccc(C(N)=S)c(C(F)(F)F)c1. The molecule has 0 aliphatic heterocycles. The Balaban J connectivity index is 3.09. The van der Waals surface area contributed by atoms with Crippen molar-refractivity contribution in [3.8, 4) is 5.75 Å². The number of ether oxygens (including phenoxy) is 1. The summed E-state index contributed by atoms with van der Waals surface area (Å²) < 4.78 is 44.2. The summed E-state index contributed by atoms with van der Waals surface area (Å²) in [6, 6.07) is 3.65. The average molecular weight is 291 g/mol. The molecule has 1 aromatic rings. The van der Waals surface area contributed by atoms with E-state index < -0.39 is 11.7 Å². The third kappa shape index (κ3) is 4.38. The van der Waals surface area contributed by atoms with E-state index >= 15 is 0 Å². The molecule has 2 nitrogen and oxygen atoms in total. The minimum atomic E-state index is -4.51. The smallest absolute Gasteiger partial charge is 0.417 e. The fourth-order valence-electron chi connectivity index (χ4n) is 1.74. The van der Waals surface area contributed by atoms with Crippen molar-refractivity contribution in [3.05, 3.63) is 29.3 Å². The maximum atomic E-state index is 12.9. The van der Waals surface area contributed by atoms with Crippen LogP contribution in [0.4, 0.5) is 13.2 Å². The van der Waals surface area contributed by atoms with Gasteiger partial charge in [0.15, 0.2) is 0 Å². The summed E-state index contributed by atoms with van der Waals surface area (Å²) in [7, 11) is 0. The van der Waals surface area contributed by atoms with Crippen LogP contribution in [0.5, 0.6) is 5.75 Å². The van der Waals surface area contributed by atoms with Crippen LogP contribution in [0, 0.1) is 0 Å². The van der Waals surface area contributed by atoms with Gasteiger partial charge in [-0.05, 0) is 31.5 Å². The molecular weight excluding hydrogens is 275 g/mol. The van der Waals surface area contributed by atoms with Gasteiger partial charge >= 0.3 is 6.18 Å². The average Bonchev–Trinajstić information content (AvgIpc) is 2.27. The van der Waals surface area contributed by atoms with Crippen molar-refractivity contribution in [3.63, 3.8) is 0 Å². The van der Waals surface area contributed by atoms with Gasteiger partial charge in [0.1, 0.15) is 10.7 Å². The predicted molar refractivity (Wildman–Crippen MR) is 72.3 cm³/mol. The van der Waals surface area contributed by atoms with Gasteiger partial charge < -0.3 is 10.5 Å². The summed E-state index contributed by atoms with van der Waals surface area (Å²) in [5.74, 6) is 0.174. The first-order chi connectivity index (χ1) is 8.75. The van der Waals surface area contributed by atoms with Crippen LogP contribution in [0.2, 0.25) is 0 Å². The van der Waals surface area contributed by atoms with Crippen molar-refractivity contribution in [1.82, 2.24) is 0 Å². The summed E-state index contributed by atoms with van der Waals surface area (Å²) in [6.45, 7) is 3.80. The van der Waals surface area contributed by atoms with Crippen LogP contribution in [0.3, 0.4) is 0 Å². The lowest BCUT2D eigenvalue weighted by Crippen LogP contribution is -2.18. The van der Waals surface area contributed by atoms with Gasteiger partial charge in [0, 0.05) is 5.56 Å². The van der Waals surface area contributed by atoms with Crippen LogP contribution < -0.4 is 10.5 Å². The molecule has 0 spiro atoms. The maximum absolute atomic E-state index is 12.9. The highest BCUT2D eigenvalue weighted by Crippen LogP contribution is 2.34. The minimum absolute atomic E-state index is 0.137. The van der Waals surface area contributed by atoms with Crippen LogP contribution >= 0.6 is 12.2 Å². The molecule has 0 aliphatic rings. The molecule has 0 aromatic heterocycles. The second-order valence-electron chi connectivity index (χ2n) is 4.29. The second kappa shape index (κ2) is 6.23. The maximum Gasteiger partial charge on any atom is 0.417 e. The molecule has 1 rings (SSSR count). The number of thiocarbonyl (C=S) groups is 1. The zero-order valence-electron chi connectivity index (χ0n) is 10.8. The standard InChI is InChI=1S/C13H16F3NOS/c1-3-4-8(2)18-9-5-6-10(12(17)19)11(7-9)13(14,15)16/h5-8H,3-4H2,1-2H3,(H2,17,19). The van der Waals surface area contributed by atoms with E-state index in [9.17, 15) is 13.2 Å². The van der Waals surface area contributed by atoms with Crippen LogP contribution in [0.15, 0.2) is 18.2 Å². The Bertz CT molecular complexity index is 460. The Hall–Kier alpha value is -1.30. The molecule has 0 heterocycles. The van der Waals surface area contributed by atoms with Crippen LogP contribution in [0.1, 0.15) is 37.8 Å². The van der Waals surface area contributed by atoms with Crippen LogP contribution in [-0.4, -0.2) is 11.1 Å². The highest BCUT2D eigenvalue weighted by atomic mass is 32.1. The molecule has 19 heavy (non-hydrogen) atoms. The highest BCUT2D eigenvalue weighted by Gasteiger charge is 2.34. The van der Waals surface area contributed by atoms with Crippen molar-refractivity contribution < 1.29 is 17.9 Å². The Morgan fingerprint density at radius 2 is 2.05 bits per heavy atom. The van der Waals surface area contributed by atoms with E-state index in [4.69, 9.17) is 10.5 Å². The van der Waals surface area contributed by atoms with Crippen molar-refractivity contribution in [1.29, 1.82) is 0 Å². The molecule has 1 aromatic carbocycles. The first-order valence-corrected chi connectivity index (χ1v) is 6.34. The third-order valence-electron chi connectivity index (χ3n) is 2.59. The predicted octanol–water partition coefficient (Wildman–Crippen LogP) is 3.91. The van der Waals surface area contributed by atoms with Crippen LogP contribution in [-0.2, 0) is 6.18 Å². The monoisotopic (exact) mass is 291 g/mol. The fourth-order valence-corrected chi connectivity index (χ4v) is 1.92. The lowest BCUT2D eigenvalue weighted by molar-refractivity contribution is -0.137. The first-order valence-electron chi connectivity index (χ1n) is 5.93. The normalized spacial score (nSPS) is 13.1. The molecule has 0 aliphatic carbocycles. The largest absolute Gasteiger partial charge is 0.491 e. The molecule has 0 saturated heterocycles. The number of alkyl halides is 3. The Kier molecular flexibility index (Phi) is 5.17. The third-order valence-corrected chi connectivity index (χ3v) is 2.81. The molecular formula is C13H16F3NOS. The second-order valence-corrected chi connectivity index (χ2v) is 4.73. The summed E-state index contributed by atoms with van der Waals surface area (Å²) in [6.07, 6.45) is -2.97. The van der Waals surface area contributed by atoms with Gasteiger partial charge in [-0.15, -0.1) is 0 Å². The van der Waals surface area contributed by atoms with Gasteiger partial charge in [0.25, 0.3) is 0 Å². The number of hydrogen-bond donors (Lipinski definition) is 1. The summed E-state index contributed by atoms with van der Waals surface area (Å²) >= 11 is 4.63. The van der Waals surface area contributed by atoms with E-state index in [-0.39, 0.29) is 22.4 Å². The van der Waals surface area contributed by atoms with E-state index in [1.807, 2.05) is 13.8 Å². The number of benzene rings is 1. The van der Waals surface area contributed by atoms with E-state index in [0.29, 0.717) is 0 Å². The fraction of sp³-hybridized carbons (Fsp3) is 0.462. The molecule has 0 saturated carbocycles. The zero-order valence-corrected chi connectivity index (χ0v) is 11.6. The highest BCUT2D eigenvalue weighted by molar-refractivity contribution is 7.80. The van der Waals surface area contributed by atoms with Crippen LogP contribution in [0.25, 0.3) is 0 Å². The van der Waals surface area contributed by atoms with Gasteiger partial charge in [0.05, 0.1) is 11.7 Å². The molecule has 0 bridgehead atoms. The van der Waals surface area contributed by atoms with Gasteiger partial charge in [0.2, 0.25) is 0 Å². The minimum Gasteiger partial charge on any atom is -0.491 e. The van der Waals surface area contributed by atoms with E-state index in [1.54, 1.807) is 0 Å². The van der Waals surface area contributed by atoms with Gasteiger partial charge in [-0.3, -0.25) is 0 Å². The van der Waals surface area contributed by atoms with Crippen molar-refractivity contribution in [2.75, 3.05) is 0 Å². The lowest BCUT2D eigenvalue weighted by atomic mass is 10.1. The van der Waals surface area contributed by atoms with Gasteiger partial charge in [-0.1, -0.05) is 25.6 Å². The van der Waals surface area contributed by atoms with Crippen molar-refractivity contribution in [2.24, 2.45) is 5.73 Å². The molecule has 2 N–H and O–H groups in total. The van der Waals surface area contributed by atoms with Crippen molar-refractivity contribution in [2.45, 2.75) is 39.0 Å². The molecule has 0 fully saturated rings. The quantitative estimate of drug-likeness (QED) is 0.835. The Morgan fingerprint density at radius 3 is 2.53 bits per heavy atom. The summed E-state index contributed by atoms with van der Waals surface area (Å²) in [4.78, 5) is -0.277. The molecule has 1 atom stereocenters. The topological polar surface area (TPSA) is 35.2 Å². The van der Waals surface area contributed by atoms with Gasteiger partial charge in [-0.2, -0.15) is 13.2 Å². The lowest BCUT2D eigenvalue weighted by Gasteiger charge is -2.17. The zero-order chi connectivity index (χ0) is 14.6. The van der Waals surface area contributed by atoms with Crippen molar-refractivity contribution >= 4 is 17.2 Å². The molecule has 106 valence electrons. The number of nitrogens with two attached hydrogens (primary N) is 1.